The van der Waals surface area contributed by atoms with Crippen LogP contribution in [0.1, 0.15) is 48.9 Å². The molecule has 0 radical (unpaired) electrons. The molecule has 0 heterocycles. The second kappa shape index (κ2) is 6.28. The lowest BCUT2D eigenvalue weighted by atomic mass is 9.84. The summed E-state index contributed by atoms with van der Waals surface area (Å²) in [6, 6.07) is 7.40. The molecule has 1 aliphatic rings. The molecule has 1 atom stereocenters. The molecule has 0 unspecified atom stereocenters. The summed E-state index contributed by atoms with van der Waals surface area (Å²) in [4.78, 5) is 23.6. The SMILES string of the molecule is O=C(CC[C@H]1CCCCC1=O)c1ccc(Br)cc1. The average Bonchev–Trinajstić information content (AvgIpc) is 2.38. The Morgan fingerprint density at radius 2 is 1.94 bits per heavy atom. The van der Waals surface area contributed by atoms with Crippen LogP contribution in [-0.2, 0) is 4.79 Å². The molecule has 1 aromatic carbocycles. The van der Waals surface area contributed by atoms with Gasteiger partial charge in [-0.05, 0) is 31.4 Å². The first kappa shape index (κ1) is 13.5. The molecule has 3 heteroatoms. The van der Waals surface area contributed by atoms with E-state index in [0.717, 1.165) is 29.3 Å². The Kier molecular flexibility index (Phi) is 4.70. The van der Waals surface area contributed by atoms with Gasteiger partial charge in [0.1, 0.15) is 5.78 Å². The standard InChI is InChI=1S/C15H17BrO2/c16-13-8-5-12(6-9-13)15(18)10-7-11-3-1-2-4-14(11)17/h5-6,8-9,11H,1-4,7,10H2/t11-/m1/s1. The highest BCUT2D eigenvalue weighted by molar-refractivity contribution is 9.10. The van der Waals surface area contributed by atoms with Gasteiger partial charge in [0, 0.05) is 28.8 Å². The number of halogens is 1. The van der Waals surface area contributed by atoms with Crippen LogP contribution in [0.25, 0.3) is 0 Å². The third kappa shape index (κ3) is 3.52. The van der Waals surface area contributed by atoms with Crippen molar-refractivity contribution in [1.82, 2.24) is 0 Å². The lowest BCUT2D eigenvalue weighted by molar-refractivity contribution is -0.124. The van der Waals surface area contributed by atoms with Crippen LogP contribution in [-0.4, -0.2) is 11.6 Å². The maximum atomic E-state index is 12.0. The van der Waals surface area contributed by atoms with Crippen molar-refractivity contribution in [3.63, 3.8) is 0 Å². The molecular weight excluding hydrogens is 292 g/mol. The van der Waals surface area contributed by atoms with Crippen LogP contribution < -0.4 is 0 Å². The van der Waals surface area contributed by atoms with E-state index < -0.39 is 0 Å². The molecule has 1 aliphatic carbocycles. The van der Waals surface area contributed by atoms with Crippen molar-refractivity contribution >= 4 is 27.5 Å². The monoisotopic (exact) mass is 308 g/mol. The van der Waals surface area contributed by atoms with E-state index in [9.17, 15) is 9.59 Å². The molecule has 2 nitrogen and oxygen atoms in total. The summed E-state index contributed by atoms with van der Waals surface area (Å²) in [5.41, 5.74) is 0.737. The minimum atomic E-state index is 0.123. The van der Waals surface area contributed by atoms with Gasteiger partial charge in [0.2, 0.25) is 0 Å². The topological polar surface area (TPSA) is 34.1 Å². The number of hydrogen-bond acceptors (Lipinski definition) is 2. The van der Waals surface area contributed by atoms with Crippen LogP contribution in [0.4, 0.5) is 0 Å². The Bertz CT molecular complexity index is 436. The zero-order valence-corrected chi connectivity index (χ0v) is 11.9. The van der Waals surface area contributed by atoms with E-state index in [2.05, 4.69) is 15.9 Å². The van der Waals surface area contributed by atoms with Crippen LogP contribution in [0.15, 0.2) is 28.7 Å². The van der Waals surface area contributed by atoms with Gasteiger partial charge in [-0.3, -0.25) is 9.59 Å². The first-order chi connectivity index (χ1) is 8.66. The predicted molar refractivity (Wildman–Crippen MR) is 74.7 cm³/mol. The Balaban J connectivity index is 1.88. The fraction of sp³-hybridized carbons (Fsp3) is 0.467. The smallest absolute Gasteiger partial charge is 0.162 e. The Hall–Kier alpha value is -0.960. The second-order valence-electron chi connectivity index (χ2n) is 4.88. The van der Waals surface area contributed by atoms with Gasteiger partial charge in [-0.15, -0.1) is 0 Å². The molecule has 0 spiro atoms. The summed E-state index contributed by atoms with van der Waals surface area (Å²) in [6.45, 7) is 0. The van der Waals surface area contributed by atoms with E-state index in [-0.39, 0.29) is 11.7 Å². The number of hydrogen-bond donors (Lipinski definition) is 0. The van der Waals surface area contributed by atoms with Crippen molar-refractivity contribution in [3.05, 3.63) is 34.3 Å². The lowest BCUT2D eigenvalue weighted by Gasteiger charge is -2.19. The lowest BCUT2D eigenvalue weighted by Crippen LogP contribution is -2.19. The molecule has 0 bridgehead atoms. The van der Waals surface area contributed by atoms with Crippen molar-refractivity contribution in [2.24, 2.45) is 5.92 Å². The van der Waals surface area contributed by atoms with Crippen LogP contribution in [0.3, 0.4) is 0 Å². The predicted octanol–water partition coefficient (Wildman–Crippen LogP) is 4.17. The first-order valence-electron chi connectivity index (χ1n) is 6.48. The van der Waals surface area contributed by atoms with Gasteiger partial charge in [-0.1, -0.05) is 34.5 Å². The van der Waals surface area contributed by atoms with Crippen LogP contribution >= 0.6 is 15.9 Å². The van der Waals surface area contributed by atoms with Gasteiger partial charge in [-0.2, -0.15) is 0 Å². The molecule has 0 saturated heterocycles. The van der Waals surface area contributed by atoms with Crippen LogP contribution in [0, 0.1) is 5.92 Å². The summed E-state index contributed by atoms with van der Waals surface area (Å²) in [7, 11) is 0. The summed E-state index contributed by atoms with van der Waals surface area (Å²) >= 11 is 3.35. The minimum absolute atomic E-state index is 0.123. The number of carbonyl (C=O) groups is 2. The van der Waals surface area contributed by atoms with E-state index in [4.69, 9.17) is 0 Å². The molecule has 1 saturated carbocycles. The van der Waals surface area contributed by atoms with Crippen LogP contribution in [0.5, 0.6) is 0 Å². The second-order valence-corrected chi connectivity index (χ2v) is 5.79. The van der Waals surface area contributed by atoms with Crippen molar-refractivity contribution in [2.75, 3.05) is 0 Å². The van der Waals surface area contributed by atoms with Crippen molar-refractivity contribution in [2.45, 2.75) is 38.5 Å². The molecule has 1 aromatic rings. The number of benzene rings is 1. The zero-order chi connectivity index (χ0) is 13.0. The molecule has 0 N–H and O–H groups in total. The normalized spacial score (nSPS) is 19.8. The molecule has 18 heavy (non-hydrogen) atoms. The molecule has 0 aliphatic heterocycles. The Morgan fingerprint density at radius 1 is 1.22 bits per heavy atom. The number of ketones is 2. The molecule has 1 fully saturated rings. The maximum Gasteiger partial charge on any atom is 0.162 e. The van der Waals surface area contributed by atoms with Gasteiger partial charge in [0.05, 0.1) is 0 Å². The third-order valence-corrected chi connectivity index (χ3v) is 4.10. The fourth-order valence-corrected chi connectivity index (χ4v) is 2.71. The number of Topliss-reactive ketones (excluding diaryl/α,β-unsaturated/α-hetero) is 2. The van der Waals surface area contributed by atoms with Gasteiger partial charge < -0.3 is 0 Å². The van der Waals surface area contributed by atoms with E-state index >= 15 is 0 Å². The molecular formula is C15H17BrO2. The van der Waals surface area contributed by atoms with Gasteiger partial charge >= 0.3 is 0 Å². The highest BCUT2D eigenvalue weighted by Gasteiger charge is 2.22. The van der Waals surface area contributed by atoms with Crippen molar-refractivity contribution < 1.29 is 9.59 Å². The summed E-state index contributed by atoms with van der Waals surface area (Å²) < 4.78 is 0.974. The van der Waals surface area contributed by atoms with E-state index in [1.54, 1.807) is 0 Å². The highest BCUT2D eigenvalue weighted by Crippen LogP contribution is 2.25. The van der Waals surface area contributed by atoms with Gasteiger partial charge in [0.25, 0.3) is 0 Å². The van der Waals surface area contributed by atoms with Crippen LogP contribution in [0.2, 0.25) is 0 Å². The summed E-state index contributed by atoms with van der Waals surface area (Å²) in [5, 5.41) is 0. The zero-order valence-electron chi connectivity index (χ0n) is 10.3. The molecule has 0 aromatic heterocycles. The van der Waals surface area contributed by atoms with E-state index in [1.807, 2.05) is 24.3 Å². The largest absolute Gasteiger partial charge is 0.299 e. The fourth-order valence-electron chi connectivity index (χ4n) is 2.45. The summed E-state index contributed by atoms with van der Waals surface area (Å²) in [6.07, 6.45) is 5.02. The van der Waals surface area contributed by atoms with Gasteiger partial charge in [-0.25, -0.2) is 0 Å². The van der Waals surface area contributed by atoms with Crippen molar-refractivity contribution in [3.8, 4) is 0 Å². The Morgan fingerprint density at radius 3 is 2.61 bits per heavy atom. The molecule has 0 amide bonds. The van der Waals surface area contributed by atoms with E-state index in [1.165, 1.54) is 0 Å². The summed E-state index contributed by atoms with van der Waals surface area (Å²) in [5.74, 6) is 0.615. The number of carbonyl (C=O) groups excluding carboxylic acids is 2. The maximum absolute atomic E-state index is 12.0. The third-order valence-electron chi connectivity index (χ3n) is 3.57. The average molecular weight is 309 g/mol. The Labute approximate surface area is 116 Å². The minimum Gasteiger partial charge on any atom is -0.299 e. The van der Waals surface area contributed by atoms with E-state index in [0.29, 0.717) is 25.0 Å². The molecule has 96 valence electrons. The number of rotatable bonds is 4. The highest BCUT2D eigenvalue weighted by atomic mass is 79.9. The first-order valence-corrected chi connectivity index (χ1v) is 7.27. The quantitative estimate of drug-likeness (QED) is 0.782. The van der Waals surface area contributed by atoms with Crippen molar-refractivity contribution in [1.29, 1.82) is 0 Å². The molecule has 2 rings (SSSR count). The van der Waals surface area contributed by atoms with Gasteiger partial charge in [0.15, 0.2) is 5.78 Å².